The van der Waals surface area contributed by atoms with Gasteiger partial charge < -0.3 is 4.74 Å². The molecule has 0 atom stereocenters. The molecular weight excluding hydrogens is 641 g/mol. The molecule has 1 aliphatic rings. The third-order valence-electron chi connectivity index (χ3n) is 4.98. The van der Waals surface area contributed by atoms with E-state index in [1.165, 1.54) is 0 Å². The summed E-state index contributed by atoms with van der Waals surface area (Å²) in [5.41, 5.74) is 1.89. The smallest absolute Gasteiger partial charge is 0.293 e. The number of benzene rings is 3. The van der Waals surface area contributed by atoms with E-state index >= 15 is 0 Å². The number of carbonyl (C=O) groups is 3. The summed E-state index contributed by atoms with van der Waals surface area (Å²) in [5.74, 6) is -0.258. The Bertz CT molecular complexity index is 1340. The van der Waals surface area contributed by atoms with E-state index in [0.29, 0.717) is 35.9 Å². The summed E-state index contributed by atoms with van der Waals surface area (Å²) in [6.07, 6.45) is 1.60. The molecule has 35 heavy (non-hydrogen) atoms. The Morgan fingerprint density at radius 2 is 1.69 bits per heavy atom. The summed E-state index contributed by atoms with van der Waals surface area (Å²) in [6.45, 7) is -0.0830. The fourth-order valence-corrected chi connectivity index (χ4v) is 5.99. The number of Topliss-reactive ketones (excluding diaryl/α,β-unsaturated/α-hetero) is 1. The van der Waals surface area contributed by atoms with Gasteiger partial charge in [-0.1, -0.05) is 59.6 Å². The first kappa shape index (κ1) is 26.0. The molecule has 3 aromatic rings. The van der Waals surface area contributed by atoms with E-state index in [1.54, 1.807) is 66.7 Å². The van der Waals surface area contributed by atoms with Crippen molar-refractivity contribution in [3.05, 3.63) is 101 Å². The third-order valence-corrected chi connectivity index (χ3v) is 7.65. The number of halogens is 4. The van der Waals surface area contributed by atoms with Crippen LogP contribution in [0.5, 0.6) is 5.75 Å². The fraction of sp³-hybridized carbons (Fsp3) is 0.0800. The van der Waals surface area contributed by atoms with Crippen LogP contribution in [0.1, 0.15) is 21.5 Å². The first-order valence-corrected chi connectivity index (χ1v) is 13.3. The van der Waals surface area contributed by atoms with Gasteiger partial charge in [0.1, 0.15) is 12.4 Å². The summed E-state index contributed by atoms with van der Waals surface area (Å²) in [7, 11) is 0. The van der Waals surface area contributed by atoms with Crippen LogP contribution in [0.3, 0.4) is 0 Å². The number of hydrogen-bond acceptors (Lipinski definition) is 5. The largest absolute Gasteiger partial charge is 0.486 e. The van der Waals surface area contributed by atoms with Crippen molar-refractivity contribution in [2.75, 3.05) is 6.54 Å². The number of ether oxygens (including phenoxy) is 1. The van der Waals surface area contributed by atoms with Gasteiger partial charge in [-0.2, -0.15) is 0 Å². The van der Waals surface area contributed by atoms with Crippen LogP contribution in [0.25, 0.3) is 6.08 Å². The Hall–Kier alpha value is -2.10. The van der Waals surface area contributed by atoms with Gasteiger partial charge in [0.2, 0.25) is 0 Å². The zero-order valence-electron chi connectivity index (χ0n) is 17.8. The molecule has 0 radical (unpaired) electrons. The average molecular weight is 656 g/mol. The predicted octanol–water partition coefficient (Wildman–Crippen LogP) is 8.02. The van der Waals surface area contributed by atoms with E-state index in [1.807, 2.05) is 0 Å². The molecule has 10 heteroatoms. The van der Waals surface area contributed by atoms with Gasteiger partial charge in [-0.3, -0.25) is 19.3 Å². The minimum absolute atomic E-state index is 0.223. The molecule has 5 nitrogen and oxygen atoms in total. The number of ketones is 1. The second-order valence-electron chi connectivity index (χ2n) is 7.40. The Balaban J connectivity index is 1.48. The highest BCUT2D eigenvalue weighted by Gasteiger charge is 2.36. The molecule has 4 rings (SSSR count). The lowest BCUT2D eigenvalue weighted by molar-refractivity contribution is -0.122. The van der Waals surface area contributed by atoms with Gasteiger partial charge in [-0.05, 0) is 79.5 Å². The molecule has 1 aliphatic heterocycles. The third kappa shape index (κ3) is 6.19. The van der Waals surface area contributed by atoms with Crippen LogP contribution in [0.2, 0.25) is 10.0 Å². The second kappa shape index (κ2) is 11.3. The van der Waals surface area contributed by atoms with Gasteiger partial charge in [0.15, 0.2) is 5.78 Å². The minimum atomic E-state index is -0.505. The van der Waals surface area contributed by atoms with Gasteiger partial charge >= 0.3 is 0 Å². The molecular formula is C25H15Br2Cl2NO4S. The quantitative estimate of drug-likeness (QED) is 0.191. The molecule has 1 saturated heterocycles. The topological polar surface area (TPSA) is 63.7 Å². The summed E-state index contributed by atoms with van der Waals surface area (Å²) >= 11 is 19.9. The predicted molar refractivity (Wildman–Crippen MR) is 146 cm³/mol. The molecule has 0 aliphatic carbocycles. The Morgan fingerprint density at radius 1 is 1.00 bits per heavy atom. The zero-order chi connectivity index (χ0) is 25.1. The van der Waals surface area contributed by atoms with E-state index < -0.39 is 11.1 Å². The summed E-state index contributed by atoms with van der Waals surface area (Å²) < 4.78 is 7.21. The van der Waals surface area contributed by atoms with Crippen molar-refractivity contribution in [3.63, 3.8) is 0 Å². The van der Waals surface area contributed by atoms with Crippen LogP contribution in [0, 0.1) is 0 Å². The standard InChI is InChI=1S/C25H15Br2Cl2NO4S/c26-18-8-14(9-19(27)23(18)34-13-16-6-7-17(28)11-20(16)29)10-22-24(32)30(25(33)35-22)12-21(31)15-4-2-1-3-5-15/h1-11H,12-13H2/b22-10+. The molecule has 178 valence electrons. The van der Waals surface area contributed by atoms with Crippen LogP contribution in [-0.2, 0) is 11.4 Å². The van der Waals surface area contributed by atoms with E-state index in [9.17, 15) is 14.4 Å². The Morgan fingerprint density at radius 3 is 2.34 bits per heavy atom. The molecule has 1 fully saturated rings. The number of hydrogen-bond donors (Lipinski definition) is 0. The maximum Gasteiger partial charge on any atom is 0.293 e. The van der Waals surface area contributed by atoms with Crippen molar-refractivity contribution < 1.29 is 19.1 Å². The molecule has 3 aromatic carbocycles. The molecule has 0 bridgehead atoms. The SMILES string of the molecule is O=C(CN1C(=O)S/C(=C/c2cc(Br)c(OCc3ccc(Cl)cc3Cl)c(Br)c2)C1=O)c1ccccc1. The van der Waals surface area contributed by atoms with Gasteiger partial charge in [0.25, 0.3) is 11.1 Å². The lowest BCUT2D eigenvalue weighted by Crippen LogP contribution is -2.33. The molecule has 0 aromatic heterocycles. The van der Waals surface area contributed by atoms with Crippen LogP contribution in [0.4, 0.5) is 4.79 Å². The first-order valence-electron chi connectivity index (χ1n) is 10.1. The normalized spacial score (nSPS) is 14.6. The molecule has 0 N–H and O–H groups in total. The Kier molecular flexibility index (Phi) is 8.39. The lowest BCUT2D eigenvalue weighted by Gasteiger charge is -2.13. The van der Waals surface area contributed by atoms with E-state index in [2.05, 4.69) is 31.9 Å². The second-order valence-corrected chi connectivity index (χ2v) is 10.9. The summed E-state index contributed by atoms with van der Waals surface area (Å²) in [5, 5.41) is 0.561. The van der Waals surface area contributed by atoms with Crippen molar-refractivity contribution in [2.45, 2.75) is 6.61 Å². The highest BCUT2D eigenvalue weighted by molar-refractivity contribution is 9.11. The maximum atomic E-state index is 12.8. The van der Waals surface area contributed by atoms with E-state index in [4.69, 9.17) is 27.9 Å². The average Bonchev–Trinajstić information content (AvgIpc) is 3.07. The van der Waals surface area contributed by atoms with Crippen molar-refractivity contribution in [1.82, 2.24) is 4.90 Å². The lowest BCUT2D eigenvalue weighted by atomic mass is 10.1. The number of thioether (sulfide) groups is 1. The molecule has 0 saturated carbocycles. The highest BCUT2D eigenvalue weighted by atomic mass is 79.9. The van der Waals surface area contributed by atoms with Crippen molar-refractivity contribution in [3.8, 4) is 5.75 Å². The van der Waals surface area contributed by atoms with Gasteiger partial charge in [0, 0.05) is 21.2 Å². The van der Waals surface area contributed by atoms with Gasteiger partial charge in [-0.15, -0.1) is 0 Å². The highest BCUT2D eigenvalue weighted by Crippen LogP contribution is 2.38. The molecule has 0 spiro atoms. The van der Waals surface area contributed by atoms with E-state index in [-0.39, 0.29) is 23.8 Å². The summed E-state index contributed by atoms with van der Waals surface area (Å²) in [6, 6.07) is 17.3. The van der Waals surface area contributed by atoms with Gasteiger partial charge in [0.05, 0.1) is 20.4 Å². The number of rotatable bonds is 7. The Labute approximate surface area is 232 Å². The van der Waals surface area contributed by atoms with Crippen LogP contribution in [-0.4, -0.2) is 28.4 Å². The number of nitrogens with zero attached hydrogens (tertiary/aromatic N) is 1. The number of carbonyl (C=O) groups excluding carboxylic acids is 3. The van der Waals surface area contributed by atoms with Crippen molar-refractivity contribution in [2.24, 2.45) is 0 Å². The maximum absolute atomic E-state index is 12.8. The van der Waals surface area contributed by atoms with Crippen molar-refractivity contribution in [1.29, 1.82) is 0 Å². The summed E-state index contributed by atoms with van der Waals surface area (Å²) in [4.78, 5) is 38.9. The first-order chi connectivity index (χ1) is 16.7. The fourth-order valence-electron chi connectivity index (χ4n) is 3.24. The van der Waals surface area contributed by atoms with Gasteiger partial charge in [-0.25, -0.2) is 0 Å². The number of amides is 2. The van der Waals surface area contributed by atoms with E-state index in [0.717, 1.165) is 22.2 Å². The molecule has 0 unspecified atom stereocenters. The number of imide groups is 1. The van der Waals surface area contributed by atoms with Crippen LogP contribution >= 0.6 is 66.8 Å². The minimum Gasteiger partial charge on any atom is -0.486 e. The van der Waals surface area contributed by atoms with Crippen LogP contribution < -0.4 is 4.74 Å². The monoisotopic (exact) mass is 653 g/mol. The molecule has 2 amide bonds. The van der Waals surface area contributed by atoms with Crippen LogP contribution in [0.15, 0.2) is 74.5 Å². The zero-order valence-corrected chi connectivity index (χ0v) is 23.3. The van der Waals surface area contributed by atoms with Crippen molar-refractivity contribution >= 4 is 89.8 Å². The molecule has 1 heterocycles.